The molecule has 0 aliphatic heterocycles. The lowest BCUT2D eigenvalue weighted by molar-refractivity contribution is 0.112. The Morgan fingerprint density at radius 2 is 2.00 bits per heavy atom. The molecule has 1 aliphatic carbocycles. The third-order valence-electron chi connectivity index (χ3n) is 2.94. The molecule has 1 saturated carbocycles. The molecular weight excluding hydrogens is 223 g/mol. The van der Waals surface area contributed by atoms with Crippen LogP contribution in [0.5, 0.6) is 0 Å². The van der Waals surface area contributed by atoms with Crippen molar-refractivity contribution in [3.05, 3.63) is 29.6 Å². The van der Waals surface area contributed by atoms with Gasteiger partial charge in [0, 0.05) is 15.7 Å². The van der Waals surface area contributed by atoms with Crippen LogP contribution < -0.4 is 0 Å². The Kier molecular flexibility index (Phi) is 3.99. The molecule has 1 nitrogen and oxygen atoms in total. The van der Waals surface area contributed by atoms with Crippen molar-refractivity contribution in [1.29, 1.82) is 0 Å². The summed E-state index contributed by atoms with van der Waals surface area (Å²) in [6.07, 6.45) is 7.03. The molecule has 0 amide bonds. The predicted octanol–water partition coefficient (Wildman–Crippen LogP) is 4.06. The minimum Gasteiger partial charge on any atom is -0.298 e. The number of thioether (sulfide) groups is 1. The third kappa shape index (κ3) is 2.85. The first-order valence-electron chi connectivity index (χ1n) is 5.71. The molecule has 16 heavy (non-hydrogen) atoms. The highest BCUT2D eigenvalue weighted by atomic mass is 32.2. The van der Waals surface area contributed by atoms with Gasteiger partial charge in [-0.25, -0.2) is 4.39 Å². The fourth-order valence-electron chi connectivity index (χ4n) is 2.08. The van der Waals surface area contributed by atoms with Gasteiger partial charge in [-0.3, -0.25) is 4.79 Å². The number of carbonyl (C=O) groups is 1. The molecule has 86 valence electrons. The number of rotatable bonds is 3. The van der Waals surface area contributed by atoms with Crippen LogP contribution in [-0.4, -0.2) is 11.5 Å². The summed E-state index contributed by atoms with van der Waals surface area (Å²) in [7, 11) is 0. The van der Waals surface area contributed by atoms with E-state index < -0.39 is 0 Å². The van der Waals surface area contributed by atoms with Gasteiger partial charge in [-0.2, -0.15) is 0 Å². The first-order chi connectivity index (χ1) is 7.79. The van der Waals surface area contributed by atoms with Gasteiger partial charge in [-0.1, -0.05) is 19.3 Å². The summed E-state index contributed by atoms with van der Waals surface area (Å²) in [5.74, 6) is -0.338. The largest absolute Gasteiger partial charge is 0.298 e. The zero-order valence-electron chi connectivity index (χ0n) is 9.12. The van der Waals surface area contributed by atoms with Crippen molar-refractivity contribution < 1.29 is 9.18 Å². The molecule has 2 rings (SSSR count). The monoisotopic (exact) mass is 238 g/mol. The van der Waals surface area contributed by atoms with Gasteiger partial charge in [-0.05, 0) is 31.0 Å². The van der Waals surface area contributed by atoms with Gasteiger partial charge in [0.05, 0.1) is 0 Å². The van der Waals surface area contributed by atoms with Crippen LogP contribution in [0.2, 0.25) is 0 Å². The van der Waals surface area contributed by atoms with E-state index in [0.29, 0.717) is 10.8 Å². The van der Waals surface area contributed by atoms with Gasteiger partial charge < -0.3 is 0 Å². The second kappa shape index (κ2) is 5.48. The van der Waals surface area contributed by atoms with E-state index in [0.717, 1.165) is 11.2 Å². The van der Waals surface area contributed by atoms with Crippen LogP contribution >= 0.6 is 11.8 Å². The van der Waals surface area contributed by atoms with Gasteiger partial charge >= 0.3 is 0 Å². The van der Waals surface area contributed by atoms with Gasteiger partial charge in [0.15, 0.2) is 6.29 Å². The van der Waals surface area contributed by atoms with Crippen molar-refractivity contribution in [2.24, 2.45) is 0 Å². The number of hydrogen-bond donors (Lipinski definition) is 0. The minimum atomic E-state index is -0.338. The maximum Gasteiger partial charge on any atom is 0.151 e. The summed E-state index contributed by atoms with van der Waals surface area (Å²) in [6, 6.07) is 4.47. The Morgan fingerprint density at radius 1 is 1.25 bits per heavy atom. The minimum absolute atomic E-state index is 0.338. The van der Waals surface area contributed by atoms with Crippen molar-refractivity contribution in [3.63, 3.8) is 0 Å². The van der Waals surface area contributed by atoms with Crippen LogP contribution in [0.3, 0.4) is 0 Å². The number of benzene rings is 1. The summed E-state index contributed by atoms with van der Waals surface area (Å²) in [6.45, 7) is 0. The molecular formula is C13H15FOS. The molecule has 0 spiro atoms. The number of carbonyl (C=O) groups excluding carboxylic acids is 1. The van der Waals surface area contributed by atoms with Crippen molar-refractivity contribution in [3.8, 4) is 0 Å². The smallest absolute Gasteiger partial charge is 0.151 e. The van der Waals surface area contributed by atoms with Crippen LogP contribution in [0.25, 0.3) is 0 Å². The summed E-state index contributed by atoms with van der Waals surface area (Å²) in [5.41, 5.74) is 0.482. The van der Waals surface area contributed by atoms with Crippen LogP contribution in [0.15, 0.2) is 23.1 Å². The molecule has 1 fully saturated rings. The number of aldehydes is 1. The lowest BCUT2D eigenvalue weighted by atomic mass is 10.0. The molecule has 0 saturated heterocycles. The lowest BCUT2D eigenvalue weighted by Gasteiger charge is -2.21. The zero-order chi connectivity index (χ0) is 11.4. The van der Waals surface area contributed by atoms with Crippen molar-refractivity contribution in [2.45, 2.75) is 42.2 Å². The first-order valence-corrected chi connectivity index (χ1v) is 6.59. The summed E-state index contributed by atoms with van der Waals surface area (Å²) in [5, 5.41) is 0.595. The lowest BCUT2D eigenvalue weighted by Crippen LogP contribution is -2.08. The van der Waals surface area contributed by atoms with E-state index in [4.69, 9.17) is 0 Å². The molecule has 0 N–H and O–H groups in total. The molecule has 1 aromatic rings. The Balaban J connectivity index is 2.10. The fraction of sp³-hybridized carbons (Fsp3) is 0.462. The Labute approximate surface area is 99.4 Å². The molecule has 3 heteroatoms. The Hall–Kier alpha value is -0.830. The van der Waals surface area contributed by atoms with Gasteiger partial charge in [0.2, 0.25) is 0 Å². The average molecular weight is 238 g/mol. The van der Waals surface area contributed by atoms with Crippen LogP contribution in [0.1, 0.15) is 42.5 Å². The highest BCUT2D eigenvalue weighted by molar-refractivity contribution is 8.00. The van der Waals surface area contributed by atoms with Crippen molar-refractivity contribution >= 4 is 18.0 Å². The number of halogens is 1. The van der Waals surface area contributed by atoms with Crippen molar-refractivity contribution in [1.82, 2.24) is 0 Å². The van der Waals surface area contributed by atoms with Gasteiger partial charge in [0.25, 0.3) is 0 Å². The second-order valence-electron chi connectivity index (χ2n) is 4.18. The molecule has 0 aromatic heterocycles. The molecule has 0 unspecified atom stereocenters. The van der Waals surface area contributed by atoms with E-state index in [1.54, 1.807) is 17.8 Å². The predicted molar refractivity (Wildman–Crippen MR) is 64.5 cm³/mol. The maximum absolute atomic E-state index is 12.9. The first kappa shape index (κ1) is 11.6. The summed E-state index contributed by atoms with van der Waals surface area (Å²) >= 11 is 1.73. The fourth-order valence-corrected chi connectivity index (χ4v) is 3.40. The third-order valence-corrected chi connectivity index (χ3v) is 4.38. The van der Waals surface area contributed by atoms with Crippen LogP contribution in [-0.2, 0) is 0 Å². The van der Waals surface area contributed by atoms with E-state index in [2.05, 4.69) is 0 Å². The van der Waals surface area contributed by atoms with E-state index >= 15 is 0 Å². The highest BCUT2D eigenvalue weighted by Gasteiger charge is 2.16. The van der Waals surface area contributed by atoms with Crippen LogP contribution in [0.4, 0.5) is 4.39 Å². The standard InChI is InChI=1S/C13H15FOS/c14-11-6-7-13(10(8-11)9-15)16-12-4-2-1-3-5-12/h6-9,12H,1-5H2. The molecule has 0 atom stereocenters. The molecule has 0 radical (unpaired) electrons. The van der Waals surface area contributed by atoms with Crippen LogP contribution in [0, 0.1) is 5.82 Å². The van der Waals surface area contributed by atoms with E-state index in [9.17, 15) is 9.18 Å². The Bertz CT molecular complexity index is 372. The summed E-state index contributed by atoms with van der Waals surface area (Å²) in [4.78, 5) is 11.8. The van der Waals surface area contributed by atoms with E-state index in [1.807, 2.05) is 0 Å². The normalized spacial score (nSPS) is 17.3. The quantitative estimate of drug-likeness (QED) is 0.738. The topological polar surface area (TPSA) is 17.1 Å². The molecule has 1 aromatic carbocycles. The number of hydrogen-bond acceptors (Lipinski definition) is 2. The molecule has 0 bridgehead atoms. The highest BCUT2D eigenvalue weighted by Crippen LogP contribution is 2.34. The maximum atomic E-state index is 12.9. The molecule has 0 heterocycles. The molecule has 1 aliphatic rings. The second-order valence-corrected chi connectivity index (χ2v) is 5.52. The van der Waals surface area contributed by atoms with E-state index in [1.165, 1.54) is 44.2 Å². The SMILES string of the molecule is O=Cc1cc(F)ccc1SC1CCCCC1. The van der Waals surface area contributed by atoms with Gasteiger partial charge in [0.1, 0.15) is 5.82 Å². The van der Waals surface area contributed by atoms with Crippen molar-refractivity contribution in [2.75, 3.05) is 0 Å². The average Bonchev–Trinajstić information content (AvgIpc) is 2.33. The summed E-state index contributed by atoms with van der Waals surface area (Å²) < 4.78 is 12.9. The zero-order valence-corrected chi connectivity index (χ0v) is 9.93. The van der Waals surface area contributed by atoms with E-state index in [-0.39, 0.29) is 5.82 Å². The van der Waals surface area contributed by atoms with Gasteiger partial charge in [-0.15, -0.1) is 11.8 Å². The Morgan fingerprint density at radius 3 is 2.69 bits per heavy atom.